The molecule has 22 heavy (non-hydrogen) atoms. The quantitative estimate of drug-likeness (QED) is 0.913. The van der Waals surface area contributed by atoms with Crippen LogP contribution in [0.25, 0.3) is 0 Å². The second-order valence-electron chi connectivity index (χ2n) is 6.33. The lowest BCUT2D eigenvalue weighted by molar-refractivity contribution is -0.120. The van der Waals surface area contributed by atoms with E-state index in [-0.39, 0.29) is 11.7 Å². The molecule has 1 atom stereocenters. The Morgan fingerprint density at radius 1 is 1.27 bits per heavy atom. The van der Waals surface area contributed by atoms with Crippen LogP contribution in [0.5, 0.6) is 0 Å². The molecule has 1 aliphatic rings. The zero-order valence-electron chi connectivity index (χ0n) is 13.1. The van der Waals surface area contributed by atoms with Crippen molar-refractivity contribution in [2.75, 3.05) is 11.9 Å². The molecule has 0 unspecified atom stereocenters. The highest BCUT2D eigenvalue weighted by atomic mass is 19.1. The SMILES string of the molecule is CC(C)(C)OC(=O)N1CCC[C@H]1C(=O)Nc1ccc(F)cc1. The molecule has 1 aromatic carbocycles. The molecule has 2 amide bonds. The molecule has 1 saturated heterocycles. The molecule has 0 spiro atoms. The number of anilines is 1. The Kier molecular flexibility index (Phi) is 4.68. The van der Waals surface area contributed by atoms with Gasteiger partial charge in [-0.2, -0.15) is 0 Å². The summed E-state index contributed by atoms with van der Waals surface area (Å²) in [6.07, 6.45) is 0.858. The van der Waals surface area contributed by atoms with Crippen molar-refractivity contribution in [2.24, 2.45) is 0 Å². The second kappa shape index (κ2) is 6.34. The van der Waals surface area contributed by atoms with Crippen LogP contribution in [0.3, 0.4) is 0 Å². The lowest BCUT2D eigenvalue weighted by Crippen LogP contribution is -2.45. The van der Waals surface area contributed by atoms with Crippen molar-refractivity contribution in [3.05, 3.63) is 30.1 Å². The molecule has 0 saturated carbocycles. The molecule has 2 rings (SSSR count). The van der Waals surface area contributed by atoms with Gasteiger partial charge in [-0.15, -0.1) is 0 Å². The van der Waals surface area contributed by atoms with Crippen molar-refractivity contribution in [3.63, 3.8) is 0 Å². The van der Waals surface area contributed by atoms with Crippen molar-refractivity contribution in [3.8, 4) is 0 Å². The van der Waals surface area contributed by atoms with Crippen molar-refractivity contribution < 1.29 is 18.7 Å². The minimum absolute atomic E-state index is 0.282. The number of carbonyl (C=O) groups is 2. The summed E-state index contributed by atoms with van der Waals surface area (Å²) >= 11 is 0. The van der Waals surface area contributed by atoms with E-state index in [9.17, 15) is 14.0 Å². The van der Waals surface area contributed by atoms with Crippen LogP contribution in [0.4, 0.5) is 14.9 Å². The molecule has 1 N–H and O–H groups in total. The molecular weight excluding hydrogens is 287 g/mol. The number of hydrogen-bond donors (Lipinski definition) is 1. The van der Waals surface area contributed by atoms with E-state index in [2.05, 4.69) is 5.32 Å². The van der Waals surface area contributed by atoms with Gasteiger partial charge in [0.1, 0.15) is 17.5 Å². The van der Waals surface area contributed by atoms with Crippen molar-refractivity contribution in [2.45, 2.75) is 45.3 Å². The third kappa shape index (κ3) is 4.19. The average molecular weight is 308 g/mol. The molecule has 1 aliphatic heterocycles. The van der Waals surface area contributed by atoms with Crippen LogP contribution in [0.2, 0.25) is 0 Å². The molecule has 1 fully saturated rings. The molecule has 0 aliphatic carbocycles. The van der Waals surface area contributed by atoms with Gasteiger partial charge in [-0.25, -0.2) is 9.18 Å². The number of halogens is 1. The summed E-state index contributed by atoms with van der Waals surface area (Å²) in [5, 5.41) is 2.70. The third-order valence-electron chi connectivity index (χ3n) is 3.30. The van der Waals surface area contributed by atoms with Gasteiger partial charge in [0.2, 0.25) is 5.91 Å². The smallest absolute Gasteiger partial charge is 0.410 e. The lowest BCUT2D eigenvalue weighted by atomic mass is 10.2. The van der Waals surface area contributed by atoms with Crippen LogP contribution in [0.15, 0.2) is 24.3 Å². The fourth-order valence-corrected chi connectivity index (χ4v) is 2.34. The van der Waals surface area contributed by atoms with Crippen molar-refractivity contribution in [1.82, 2.24) is 4.90 Å². The van der Waals surface area contributed by atoms with E-state index in [1.165, 1.54) is 29.2 Å². The number of rotatable bonds is 2. The Balaban J connectivity index is 2.01. The normalized spacial score (nSPS) is 18.2. The van der Waals surface area contributed by atoms with Crippen LogP contribution in [0.1, 0.15) is 33.6 Å². The summed E-state index contributed by atoms with van der Waals surface area (Å²) in [5.41, 5.74) is -0.0973. The summed E-state index contributed by atoms with van der Waals surface area (Å²) in [6, 6.07) is 4.96. The highest BCUT2D eigenvalue weighted by Crippen LogP contribution is 2.22. The molecule has 6 heteroatoms. The van der Waals surface area contributed by atoms with Gasteiger partial charge in [0, 0.05) is 12.2 Å². The molecule has 120 valence electrons. The minimum atomic E-state index is -0.600. The van der Waals surface area contributed by atoms with Gasteiger partial charge >= 0.3 is 6.09 Å². The maximum Gasteiger partial charge on any atom is 0.410 e. The molecule has 5 nitrogen and oxygen atoms in total. The molecule has 0 bridgehead atoms. The summed E-state index contributed by atoms with van der Waals surface area (Å²) in [7, 11) is 0. The second-order valence-corrected chi connectivity index (χ2v) is 6.33. The van der Waals surface area contributed by atoms with Gasteiger partial charge in [0.05, 0.1) is 0 Å². The first-order valence-corrected chi connectivity index (χ1v) is 7.32. The summed E-state index contributed by atoms with van der Waals surface area (Å²) in [5.74, 6) is -0.649. The highest BCUT2D eigenvalue weighted by molar-refractivity contribution is 5.96. The van der Waals surface area contributed by atoms with Gasteiger partial charge in [-0.05, 0) is 57.9 Å². The van der Waals surface area contributed by atoms with Crippen LogP contribution in [-0.4, -0.2) is 35.1 Å². The van der Waals surface area contributed by atoms with Gasteiger partial charge < -0.3 is 10.1 Å². The highest BCUT2D eigenvalue weighted by Gasteiger charge is 2.36. The van der Waals surface area contributed by atoms with E-state index < -0.39 is 17.7 Å². The third-order valence-corrected chi connectivity index (χ3v) is 3.30. The first-order chi connectivity index (χ1) is 10.3. The Labute approximate surface area is 129 Å². The fourth-order valence-electron chi connectivity index (χ4n) is 2.34. The minimum Gasteiger partial charge on any atom is -0.444 e. The Bertz CT molecular complexity index is 552. The van der Waals surface area contributed by atoms with Gasteiger partial charge in [-0.3, -0.25) is 9.69 Å². The number of amides is 2. The van der Waals surface area contributed by atoms with E-state index in [1.807, 2.05) is 0 Å². The average Bonchev–Trinajstić information content (AvgIpc) is 2.89. The largest absolute Gasteiger partial charge is 0.444 e. The number of carbonyl (C=O) groups excluding carboxylic acids is 2. The van der Waals surface area contributed by atoms with E-state index in [0.29, 0.717) is 18.7 Å². The molecule has 1 heterocycles. The van der Waals surface area contributed by atoms with Gasteiger partial charge in [0.15, 0.2) is 0 Å². The molecular formula is C16H21FN2O3. The van der Waals surface area contributed by atoms with Crippen molar-refractivity contribution >= 4 is 17.7 Å². The Morgan fingerprint density at radius 3 is 2.50 bits per heavy atom. The molecule has 0 aromatic heterocycles. The van der Waals surface area contributed by atoms with Gasteiger partial charge in [-0.1, -0.05) is 0 Å². The van der Waals surface area contributed by atoms with Crippen LogP contribution in [0, 0.1) is 5.82 Å². The molecule has 1 aromatic rings. The van der Waals surface area contributed by atoms with E-state index in [0.717, 1.165) is 6.42 Å². The van der Waals surface area contributed by atoms with E-state index in [1.54, 1.807) is 20.8 Å². The van der Waals surface area contributed by atoms with Crippen LogP contribution >= 0.6 is 0 Å². The molecule has 0 radical (unpaired) electrons. The number of ether oxygens (including phenoxy) is 1. The number of hydrogen-bond acceptors (Lipinski definition) is 3. The zero-order chi connectivity index (χ0) is 16.3. The Hall–Kier alpha value is -2.11. The number of nitrogens with zero attached hydrogens (tertiary/aromatic N) is 1. The van der Waals surface area contributed by atoms with E-state index in [4.69, 9.17) is 4.74 Å². The maximum absolute atomic E-state index is 12.9. The number of likely N-dealkylation sites (tertiary alicyclic amines) is 1. The van der Waals surface area contributed by atoms with E-state index >= 15 is 0 Å². The van der Waals surface area contributed by atoms with Crippen molar-refractivity contribution in [1.29, 1.82) is 0 Å². The predicted octanol–water partition coefficient (Wildman–Crippen LogP) is 3.16. The zero-order valence-corrected chi connectivity index (χ0v) is 13.1. The topological polar surface area (TPSA) is 58.6 Å². The number of nitrogens with one attached hydrogen (secondary N) is 1. The summed E-state index contributed by atoms with van der Waals surface area (Å²) < 4.78 is 18.2. The summed E-state index contributed by atoms with van der Waals surface area (Å²) in [4.78, 5) is 25.9. The predicted molar refractivity (Wildman–Crippen MR) is 81.0 cm³/mol. The Morgan fingerprint density at radius 2 is 1.91 bits per heavy atom. The monoisotopic (exact) mass is 308 g/mol. The maximum atomic E-state index is 12.9. The lowest BCUT2D eigenvalue weighted by Gasteiger charge is -2.28. The number of benzene rings is 1. The first-order valence-electron chi connectivity index (χ1n) is 7.32. The first kappa shape index (κ1) is 16.3. The van der Waals surface area contributed by atoms with Crippen LogP contribution in [-0.2, 0) is 9.53 Å². The summed E-state index contributed by atoms with van der Waals surface area (Å²) in [6.45, 7) is 5.86. The van der Waals surface area contributed by atoms with Gasteiger partial charge in [0.25, 0.3) is 0 Å². The standard InChI is InChI=1S/C16H21FN2O3/c1-16(2,3)22-15(21)19-10-4-5-13(19)14(20)18-12-8-6-11(17)7-9-12/h6-9,13H,4-5,10H2,1-3H3,(H,18,20)/t13-/m0/s1. The van der Waals surface area contributed by atoms with Crippen LogP contribution < -0.4 is 5.32 Å². The fraction of sp³-hybridized carbons (Fsp3) is 0.500.